The van der Waals surface area contributed by atoms with Crippen LogP contribution in [0, 0.1) is 0 Å². The SMILES string of the molecule is Cl.FN1CCCC1. The van der Waals surface area contributed by atoms with Crippen LogP contribution in [0.4, 0.5) is 4.48 Å². The molecule has 0 aromatic heterocycles. The highest BCUT2D eigenvalue weighted by molar-refractivity contribution is 5.85. The lowest BCUT2D eigenvalue weighted by molar-refractivity contribution is 0.0574. The Bertz CT molecular complexity index is 45.0. The molecule has 1 fully saturated rings. The fourth-order valence-corrected chi connectivity index (χ4v) is 0.679. The Balaban J connectivity index is 0.000000360. The quantitative estimate of drug-likeness (QED) is 0.443. The Morgan fingerprint density at radius 1 is 1.14 bits per heavy atom. The summed E-state index contributed by atoms with van der Waals surface area (Å²) in [7, 11) is 0. The van der Waals surface area contributed by atoms with Gasteiger partial charge in [-0.15, -0.1) is 22.0 Å². The van der Waals surface area contributed by atoms with Gasteiger partial charge in [-0.3, -0.25) is 0 Å². The first-order chi connectivity index (χ1) is 2.89. The minimum absolute atomic E-state index is 0. The molecule has 0 saturated carbocycles. The predicted octanol–water partition coefficient (Wildman–Crippen LogP) is 1.39. The van der Waals surface area contributed by atoms with Gasteiger partial charge < -0.3 is 0 Å². The third-order valence-electron chi connectivity index (χ3n) is 1.05. The molecule has 44 valence electrons. The maximum atomic E-state index is 11.8. The van der Waals surface area contributed by atoms with Crippen molar-refractivity contribution < 1.29 is 4.48 Å². The van der Waals surface area contributed by atoms with Crippen molar-refractivity contribution in [3.63, 3.8) is 0 Å². The lowest BCUT2D eigenvalue weighted by Gasteiger charge is -1.94. The molecule has 0 aliphatic carbocycles. The van der Waals surface area contributed by atoms with E-state index in [2.05, 4.69) is 0 Å². The van der Waals surface area contributed by atoms with Crippen LogP contribution in [0.15, 0.2) is 0 Å². The molecular formula is C4H9ClFN. The smallest absolute Gasteiger partial charge is 0.0290 e. The summed E-state index contributed by atoms with van der Waals surface area (Å²) in [4.78, 5) is 0. The molecule has 0 atom stereocenters. The second kappa shape index (κ2) is 3.22. The molecule has 1 nitrogen and oxygen atoms in total. The number of hydrogen-bond donors (Lipinski definition) is 0. The lowest BCUT2D eigenvalue weighted by Crippen LogP contribution is -2.04. The van der Waals surface area contributed by atoms with Crippen LogP contribution in [0.3, 0.4) is 0 Å². The van der Waals surface area contributed by atoms with Gasteiger partial charge in [0, 0.05) is 13.1 Å². The van der Waals surface area contributed by atoms with Crippen molar-refractivity contribution in [3.8, 4) is 0 Å². The average Bonchev–Trinajstić information content (AvgIpc) is 1.86. The Kier molecular flexibility index (Phi) is 3.30. The summed E-state index contributed by atoms with van der Waals surface area (Å²) in [6.45, 7) is 1.31. The van der Waals surface area contributed by atoms with Gasteiger partial charge in [0.25, 0.3) is 0 Å². The van der Waals surface area contributed by atoms with E-state index in [9.17, 15) is 4.48 Å². The van der Waals surface area contributed by atoms with Crippen LogP contribution in [0.2, 0.25) is 0 Å². The number of rotatable bonds is 0. The van der Waals surface area contributed by atoms with Crippen molar-refractivity contribution >= 4 is 12.4 Å². The van der Waals surface area contributed by atoms with Gasteiger partial charge >= 0.3 is 0 Å². The van der Waals surface area contributed by atoms with E-state index in [1.165, 1.54) is 0 Å². The molecule has 0 aromatic rings. The van der Waals surface area contributed by atoms with Crippen LogP contribution in [0.1, 0.15) is 12.8 Å². The summed E-state index contributed by atoms with van der Waals surface area (Å²) in [5.74, 6) is 0. The third-order valence-corrected chi connectivity index (χ3v) is 1.05. The molecule has 0 radical (unpaired) electrons. The molecule has 0 bridgehead atoms. The number of halogens is 2. The van der Waals surface area contributed by atoms with Gasteiger partial charge in [-0.25, -0.2) is 0 Å². The summed E-state index contributed by atoms with van der Waals surface area (Å²) >= 11 is 0. The topological polar surface area (TPSA) is 3.24 Å². The predicted molar refractivity (Wildman–Crippen MR) is 29.2 cm³/mol. The maximum Gasteiger partial charge on any atom is 0.0290 e. The van der Waals surface area contributed by atoms with E-state index in [1.54, 1.807) is 0 Å². The molecule has 0 spiro atoms. The molecule has 7 heavy (non-hydrogen) atoms. The second-order valence-corrected chi connectivity index (χ2v) is 1.62. The van der Waals surface area contributed by atoms with E-state index < -0.39 is 0 Å². The minimum atomic E-state index is 0. The van der Waals surface area contributed by atoms with Gasteiger partial charge in [0.15, 0.2) is 0 Å². The molecule has 1 aliphatic heterocycles. The molecule has 0 amide bonds. The third kappa shape index (κ3) is 2.09. The van der Waals surface area contributed by atoms with Gasteiger partial charge in [0.05, 0.1) is 0 Å². The lowest BCUT2D eigenvalue weighted by atomic mass is 10.4. The molecular weight excluding hydrogens is 117 g/mol. The summed E-state index contributed by atoms with van der Waals surface area (Å²) < 4.78 is 11.8. The molecule has 0 unspecified atom stereocenters. The van der Waals surface area contributed by atoms with Crippen molar-refractivity contribution in [1.82, 2.24) is 5.12 Å². The minimum Gasteiger partial charge on any atom is -0.147 e. The first-order valence-corrected chi connectivity index (χ1v) is 2.30. The zero-order valence-corrected chi connectivity index (χ0v) is 4.88. The highest BCUT2D eigenvalue weighted by Gasteiger charge is 2.07. The normalized spacial score (nSPS) is 21.9. The van der Waals surface area contributed by atoms with Crippen LogP contribution >= 0.6 is 12.4 Å². The van der Waals surface area contributed by atoms with E-state index >= 15 is 0 Å². The van der Waals surface area contributed by atoms with Crippen LogP contribution in [-0.2, 0) is 0 Å². The van der Waals surface area contributed by atoms with Crippen LogP contribution in [0.5, 0.6) is 0 Å². The number of nitrogens with zero attached hydrogens (tertiary/aromatic N) is 1. The maximum absolute atomic E-state index is 11.8. The molecule has 0 aromatic carbocycles. The fourth-order valence-electron chi connectivity index (χ4n) is 0.679. The van der Waals surface area contributed by atoms with E-state index in [1.807, 2.05) is 0 Å². The first-order valence-electron chi connectivity index (χ1n) is 2.30. The van der Waals surface area contributed by atoms with E-state index in [4.69, 9.17) is 0 Å². The number of hydrogen-bond acceptors (Lipinski definition) is 1. The standard InChI is InChI=1S/C4H8FN.ClH/c5-6-3-1-2-4-6;/h1-4H2;1H. The van der Waals surface area contributed by atoms with Crippen molar-refractivity contribution in [1.29, 1.82) is 0 Å². The van der Waals surface area contributed by atoms with E-state index in [0.29, 0.717) is 13.1 Å². The second-order valence-electron chi connectivity index (χ2n) is 1.62. The highest BCUT2D eigenvalue weighted by Crippen LogP contribution is 2.05. The van der Waals surface area contributed by atoms with Crippen molar-refractivity contribution in [3.05, 3.63) is 0 Å². The highest BCUT2D eigenvalue weighted by atomic mass is 35.5. The largest absolute Gasteiger partial charge is 0.147 e. The Morgan fingerprint density at radius 2 is 1.57 bits per heavy atom. The van der Waals surface area contributed by atoms with E-state index in [-0.39, 0.29) is 12.4 Å². The molecule has 1 saturated heterocycles. The summed E-state index contributed by atoms with van der Waals surface area (Å²) in [6, 6.07) is 0. The van der Waals surface area contributed by atoms with E-state index in [0.717, 1.165) is 18.0 Å². The van der Waals surface area contributed by atoms with Gasteiger partial charge in [-0.1, -0.05) is 0 Å². The summed E-state index contributed by atoms with van der Waals surface area (Å²) in [6.07, 6.45) is 2.08. The van der Waals surface area contributed by atoms with Crippen molar-refractivity contribution in [2.45, 2.75) is 12.8 Å². The molecule has 1 aliphatic rings. The van der Waals surface area contributed by atoms with Crippen molar-refractivity contribution in [2.75, 3.05) is 13.1 Å². The molecule has 3 heteroatoms. The van der Waals surface area contributed by atoms with Gasteiger partial charge in [0.2, 0.25) is 0 Å². The summed E-state index contributed by atoms with van der Waals surface area (Å²) in [5.41, 5.74) is 0. The first kappa shape index (κ1) is 7.18. The van der Waals surface area contributed by atoms with Crippen LogP contribution in [-0.4, -0.2) is 18.2 Å². The Labute approximate surface area is 48.8 Å². The van der Waals surface area contributed by atoms with Gasteiger partial charge in [-0.2, -0.15) is 0 Å². The Hall–Kier alpha value is 0.180. The van der Waals surface area contributed by atoms with Gasteiger partial charge in [-0.05, 0) is 12.8 Å². The monoisotopic (exact) mass is 125 g/mol. The average molecular weight is 126 g/mol. The van der Waals surface area contributed by atoms with Crippen molar-refractivity contribution in [2.24, 2.45) is 0 Å². The zero-order valence-electron chi connectivity index (χ0n) is 4.06. The zero-order chi connectivity index (χ0) is 4.41. The Morgan fingerprint density at radius 3 is 1.71 bits per heavy atom. The van der Waals surface area contributed by atoms with Crippen LogP contribution in [0.25, 0.3) is 0 Å². The summed E-state index contributed by atoms with van der Waals surface area (Å²) in [5, 5.41) is 0.861. The fraction of sp³-hybridized carbons (Fsp3) is 1.00. The van der Waals surface area contributed by atoms with Crippen LogP contribution < -0.4 is 0 Å². The molecule has 1 rings (SSSR count). The van der Waals surface area contributed by atoms with Gasteiger partial charge in [0.1, 0.15) is 0 Å². The molecule has 1 heterocycles. The molecule has 0 N–H and O–H groups in total.